The summed E-state index contributed by atoms with van der Waals surface area (Å²) in [7, 11) is 0. The number of rotatable bonds is 3. The molecule has 0 unspecified atom stereocenters. The van der Waals surface area contributed by atoms with E-state index in [-0.39, 0.29) is 5.57 Å². The molecule has 0 aliphatic heterocycles. The molecule has 0 spiro atoms. The smallest absolute Gasteiger partial charge is 0.248 e. The van der Waals surface area contributed by atoms with E-state index < -0.39 is 5.91 Å². The second-order valence-corrected chi connectivity index (χ2v) is 2.55. The molecule has 2 N–H and O–H groups in total. The van der Waals surface area contributed by atoms with E-state index in [4.69, 9.17) is 5.73 Å². The van der Waals surface area contributed by atoms with Crippen molar-refractivity contribution >= 4 is 17.8 Å². The normalized spacial score (nSPS) is 9.23. The Morgan fingerprint density at radius 1 is 1.38 bits per heavy atom. The van der Waals surface area contributed by atoms with Crippen LogP contribution < -0.4 is 5.73 Å². The molecule has 0 bridgehead atoms. The summed E-state index contributed by atoms with van der Waals surface area (Å²) in [5, 5.41) is 0. The predicted octanol–water partition coefficient (Wildman–Crippen LogP) is 0.998. The zero-order chi connectivity index (χ0) is 9.84. The van der Waals surface area contributed by atoms with Gasteiger partial charge in [0.1, 0.15) is 0 Å². The monoisotopic (exact) mass is 175 g/mol. The molecule has 0 radical (unpaired) electrons. The Labute approximate surface area is 75.9 Å². The first-order chi connectivity index (χ1) is 6.16. The quantitative estimate of drug-likeness (QED) is 0.550. The van der Waals surface area contributed by atoms with Gasteiger partial charge >= 0.3 is 0 Å². The average molecular weight is 175 g/mol. The van der Waals surface area contributed by atoms with Gasteiger partial charge in [-0.15, -0.1) is 0 Å². The summed E-state index contributed by atoms with van der Waals surface area (Å²) in [6.45, 7) is 3.50. The lowest BCUT2D eigenvalue weighted by atomic mass is 10.0. The van der Waals surface area contributed by atoms with Crippen molar-refractivity contribution in [2.75, 3.05) is 0 Å². The van der Waals surface area contributed by atoms with Crippen molar-refractivity contribution < 1.29 is 9.59 Å². The molecule has 1 amide bonds. The number of amides is 1. The highest BCUT2D eigenvalue weighted by atomic mass is 16.1. The van der Waals surface area contributed by atoms with Crippen LogP contribution in [0.4, 0.5) is 0 Å². The Hall–Kier alpha value is -1.90. The van der Waals surface area contributed by atoms with Crippen molar-refractivity contribution in [3.8, 4) is 0 Å². The third-order valence-electron chi connectivity index (χ3n) is 1.71. The van der Waals surface area contributed by atoms with Crippen LogP contribution in [0.5, 0.6) is 0 Å². The SMILES string of the molecule is C=C(C(N)=O)c1ccccc1C=O. The summed E-state index contributed by atoms with van der Waals surface area (Å²) in [4.78, 5) is 21.3. The van der Waals surface area contributed by atoms with Gasteiger partial charge in [0.15, 0.2) is 6.29 Å². The van der Waals surface area contributed by atoms with Crippen LogP contribution in [0, 0.1) is 0 Å². The van der Waals surface area contributed by atoms with Crippen molar-refractivity contribution in [2.24, 2.45) is 5.73 Å². The molecule has 66 valence electrons. The van der Waals surface area contributed by atoms with E-state index in [1.54, 1.807) is 24.3 Å². The molecule has 0 saturated heterocycles. The van der Waals surface area contributed by atoms with E-state index in [1.165, 1.54) is 0 Å². The summed E-state index contributed by atoms with van der Waals surface area (Å²) < 4.78 is 0. The number of benzene rings is 1. The maximum absolute atomic E-state index is 10.8. The highest BCUT2D eigenvalue weighted by molar-refractivity contribution is 6.19. The minimum absolute atomic E-state index is 0.155. The minimum Gasteiger partial charge on any atom is -0.366 e. The van der Waals surface area contributed by atoms with Gasteiger partial charge in [-0.1, -0.05) is 30.8 Å². The van der Waals surface area contributed by atoms with Crippen LogP contribution in [-0.2, 0) is 4.79 Å². The van der Waals surface area contributed by atoms with Crippen LogP contribution in [0.2, 0.25) is 0 Å². The number of primary amides is 1. The average Bonchev–Trinajstić information content (AvgIpc) is 2.16. The highest BCUT2D eigenvalue weighted by Crippen LogP contribution is 2.15. The molecule has 0 heterocycles. The van der Waals surface area contributed by atoms with Crippen molar-refractivity contribution in [3.05, 3.63) is 42.0 Å². The van der Waals surface area contributed by atoms with Crippen LogP contribution in [0.15, 0.2) is 30.8 Å². The third-order valence-corrected chi connectivity index (χ3v) is 1.71. The van der Waals surface area contributed by atoms with Gasteiger partial charge in [0.05, 0.1) is 0 Å². The molecular formula is C10H9NO2. The first-order valence-corrected chi connectivity index (χ1v) is 3.70. The highest BCUT2D eigenvalue weighted by Gasteiger charge is 2.08. The predicted molar refractivity (Wildman–Crippen MR) is 50.1 cm³/mol. The van der Waals surface area contributed by atoms with Crippen molar-refractivity contribution in [1.82, 2.24) is 0 Å². The molecule has 0 aliphatic carbocycles. The largest absolute Gasteiger partial charge is 0.366 e. The van der Waals surface area contributed by atoms with E-state index in [0.717, 1.165) is 0 Å². The Morgan fingerprint density at radius 2 is 2.00 bits per heavy atom. The number of aldehydes is 1. The molecule has 0 saturated carbocycles. The molecule has 3 nitrogen and oxygen atoms in total. The Kier molecular flexibility index (Phi) is 2.59. The second-order valence-electron chi connectivity index (χ2n) is 2.55. The number of hydrogen-bond acceptors (Lipinski definition) is 2. The maximum Gasteiger partial charge on any atom is 0.248 e. The topological polar surface area (TPSA) is 60.2 Å². The maximum atomic E-state index is 10.8. The van der Waals surface area contributed by atoms with Gasteiger partial charge in [-0.2, -0.15) is 0 Å². The van der Waals surface area contributed by atoms with E-state index in [1.807, 2.05) is 0 Å². The molecule has 13 heavy (non-hydrogen) atoms. The second kappa shape index (κ2) is 3.67. The van der Waals surface area contributed by atoms with Gasteiger partial charge in [0.2, 0.25) is 5.91 Å². The van der Waals surface area contributed by atoms with Crippen LogP contribution in [0.25, 0.3) is 5.57 Å². The molecule has 0 atom stereocenters. The third kappa shape index (κ3) is 1.82. The van der Waals surface area contributed by atoms with Gasteiger partial charge in [-0.3, -0.25) is 9.59 Å². The fourth-order valence-corrected chi connectivity index (χ4v) is 1.01. The van der Waals surface area contributed by atoms with E-state index in [2.05, 4.69) is 6.58 Å². The lowest BCUT2D eigenvalue weighted by molar-refractivity contribution is -0.112. The van der Waals surface area contributed by atoms with E-state index in [9.17, 15) is 9.59 Å². The van der Waals surface area contributed by atoms with Crippen LogP contribution in [0.1, 0.15) is 15.9 Å². The summed E-state index contributed by atoms with van der Waals surface area (Å²) in [6.07, 6.45) is 0.670. The first kappa shape index (κ1) is 9.19. The van der Waals surface area contributed by atoms with Crippen LogP contribution in [-0.4, -0.2) is 12.2 Å². The standard InChI is InChI=1S/C10H9NO2/c1-7(10(11)13)9-5-3-2-4-8(9)6-12/h2-6H,1H2,(H2,11,13). The molecule has 0 fully saturated rings. The lowest BCUT2D eigenvalue weighted by Crippen LogP contribution is -2.13. The van der Waals surface area contributed by atoms with Crippen molar-refractivity contribution in [1.29, 1.82) is 0 Å². The number of carbonyl (C=O) groups excluding carboxylic acids is 2. The Balaban J connectivity index is 3.20. The number of hydrogen-bond donors (Lipinski definition) is 1. The fourth-order valence-electron chi connectivity index (χ4n) is 1.01. The zero-order valence-electron chi connectivity index (χ0n) is 6.99. The molecule has 1 aromatic rings. The summed E-state index contributed by atoms with van der Waals surface area (Å²) in [5.41, 5.74) is 6.11. The first-order valence-electron chi connectivity index (χ1n) is 3.70. The van der Waals surface area contributed by atoms with Crippen molar-refractivity contribution in [3.63, 3.8) is 0 Å². The summed E-state index contributed by atoms with van der Waals surface area (Å²) in [5.74, 6) is -0.616. The fraction of sp³-hybridized carbons (Fsp3) is 0. The molecule has 0 aromatic heterocycles. The Bertz CT molecular complexity index is 369. The molecule has 3 heteroatoms. The molecule has 1 rings (SSSR count). The summed E-state index contributed by atoms with van der Waals surface area (Å²) in [6, 6.07) is 6.67. The summed E-state index contributed by atoms with van der Waals surface area (Å²) >= 11 is 0. The van der Waals surface area contributed by atoms with Gasteiger partial charge in [0.25, 0.3) is 0 Å². The molecular weight excluding hydrogens is 166 g/mol. The van der Waals surface area contributed by atoms with Gasteiger partial charge in [-0.05, 0) is 5.56 Å². The lowest BCUT2D eigenvalue weighted by Gasteiger charge is -2.03. The van der Waals surface area contributed by atoms with Gasteiger partial charge in [0, 0.05) is 11.1 Å². The van der Waals surface area contributed by atoms with Crippen LogP contribution in [0.3, 0.4) is 0 Å². The minimum atomic E-state index is -0.616. The van der Waals surface area contributed by atoms with Crippen molar-refractivity contribution in [2.45, 2.75) is 0 Å². The van der Waals surface area contributed by atoms with Gasteiger partial charge < -0.3 is 5.73 Å². The zero-order valence-corrected chi connectivity index (χ0v) is 6.99. The number of nitrogens with two attached hydrogens (primary N) is 1. The molecule has 1 aromatic carbocycles. The van der Waals surface area contributed by atoms with E-state index >= 15 is 0 Å². The number of carbonyl (C=O) groups is 2. The van der Waals surface area contributed by atoms with Gasteiger partial charge in [-0.25, -0.2) is 0 Å². The van der Waals surface area contributed by atoms with E-state index in [0.29, 0.717) is 17.4 Å². The molecule has 0 aliphatic rings. The van der Waals surface area contributed by atoms with Crippen LogP contribution >= 0.6 is 0 Å². The Morgan fingerprint density at radius 3 is 2.54 bits per heavy atom.